The molecule has 3 heteroatoms. The molecule has 0 aliphatic rings. The lowest BCUT2D eigenvalue weighted by molar-refractivity contribution is 0.629. The fourth-order valence-corrected chi connectivity index (χ4v) is 1.95. The van der Waals surface area contributed by atoms with Crippen molar-refractivity contribution in [2.45, 2.75) is 6.92 Å². The maximum Gasteiger partial charge on any atom is 0.125 e. The number of halogens is 2. The largest absolute Gasteiger partial charge is 0.399 e. The van der Waals surface area contributed by atoms with Crippen molar-refractivity contribution >= 4 is 17.3 Å². The second-order valence-corrected chi connectivity index (χ2v) is 4.17. The van der Waals surface area contributed by atoms with Crippen molar-refractivity contribution in [1.82, 2.24) is 0 Å². The van der Waals surface area contributed by atoms with E-state index in [1.807, 2.05) is 19.1 Å². The molecule has 2 aromatic carbocycles. The summed E-state index contributed by atoms with van der Waals surface area (Å²) < 4.78 is 13.2. The Bertz CT molecular complexity index is 517. The first-order chi connectivity index (χ1) is 7.56. The van der Waals surface area contributed by atoms with Gasteiger partial charge in [0, 0.05) is 10.7 Å². The van der Waals surface area contributed by atoms with E-state index >= 15 is 0 Å². The first kappa shape index (κ1) is 11.0. The Hall–Kier alpha value is -1.54. The van der Waals surface area contributed by atoms with Gasteiger partial charge in [-0.3, -0.25) is 0 Å². The van der Waals surface area contributed by atoms with Crippen LogP contribution in [0.1, 0.15) is 5.56 Å². The minimum Gasteiger partial charge on any atom is -0.399 e. The molecule has 0 fully saturated rings. The third kappa shape index (κ3) is 2.17. The van der Waals surface area contributed by atoms with E-state index < -0.39 is 0 Å². The summed E-state index contributed by atoms with van der Waals surface area (Å²) in [7, 11) is 0. The van der Waals surface area contributed by atoms with Crippen LogP contribution in [-0.2, 0) is 0 Å². The van der Waals surface area contributed by atoms with Crippen LogP contribution >= 0.6 is 11.6 Å². The molecule has 2 rings (SSSR count). The molecule has 0 heterocycles. The molecule has 0 saturated carbocycles. The van der Waals surface area contributed by atoms with E-state index in [-0.39, 0.29) is 5.82 Å². The summed E-state index contributed by atoms with van der Waals surface area (Å²) in [6.07, 6.45) is 0. The number of rotatable bonds is 1. The van der Waals surface area contributed by atoms with Crippen molar-refractivity contribution in [2.24, 2.45) is 0 Å². The first-order valence-corrected chi connectivity index (χ1v) is 5.26. The van der Waals surface area contributed by atoms with Gasteiger partial charge in [0.25, 0.3) is 0 Å². The zero-order chi connectivity index (χ0) is 11.7. The number of nitrogens with two attached hydrogens (primary N) is 1. The van der Waals surface area contributed by atoms with E-state index in [4.69, 9.17) is 17.3 Å². The number of benzene rings is 2. The quantitative estimate of drug-likeness (QED) is 0.742. The number of aryl methyl sites for hydroxylation is 1. The molecule has 1 nitrogen and oxygen atoms in total. The van der Waals surface area contributed by atoms with Crippen molar-refractivity contribution in [3.05, 3.63) is 52.8 Å². The molecule has 0 atom stereocenters. The van der Waals surface area contributed by atoms with Crippen molar-refractivity contribution in [3.63, 3.8) is 0 Å². The number of hydrogen-bond donors (Lipinski definition) is 1. The Kier molecular flexibility index (Phi) is 2.84. The molecule has 0 amide bonds. The lowest BCUT2D eigenvalue weighted by atomic mass is 10.0. The van der Waals surface area contributed by atoms with E-state index in [0.717, 1.165) is 16.7 Å². The summed E-state index contributed by atoms with van der Waals surface area (Å²) in [5, 5.41) is 0.672. The summed E-state index contributed by atoms with van der Waals surface area (Å²) in [6, 6.07) is 10.0. The van der Waals surface area contributed by atoms with Crippen LogP contribution in [0.3, 0.4) is 0 Å². The predicted octanol–water partition coefficient (Wildman–Crippen LogP) is 4.04. The highest BCUT2D eigenvalue weighted by molar-refractivity contribution is 6.30. The van der Waals surface area contributed by atoms with Gasteiger partial charge in [-0.15, -0.1) is 0 Å². The maximum atomic E-state index is 13.2. The minimum atomic E-state index is -0.329. The van der Waals surface area contributed by atoms with Crippen LogP contribution in [0.5, 0.6) is 0 Å². The van der Waals surface area contributed by atoms with Crippen LogP contribution in [0, 0.1) is 12.7 Å². The molecule has 0 aliphatic heterocycles. The van der Waals surface area contributed by atoms with Crippen LogP contribution in [-0.4, -0.2) is 0 Å². The van der Waals surface area contributed by atoms with E-state index in [2.05, 4.69) is 0 Å². The highest BCUT2D eigenvalue weighted by atomic mass is 35.5. The average Bonchev–Trinajstić information content (AvgIpc) is 2.15. The fraction of sp³-hybridized carbons (Fsp3) is 0.0769. The molecule has 0 spiro atoms. The van der Waals surface area contributed by atoms with Gasteiger partial charge in [0.15, 0.2) is 0 Å². The van der Waals surface area contributed by atoms with Gasteiger partial charge < -0.3 is 5.73 Å². The highest BCUT2D eigenvalue weighted by Crippen LogP contribution is 2.28. The second-order valence-electron chi connectivity index (χ2n) is 3.73. The van der Waals surface area contributed by atoms with Gasteiger partial charge >= 0.3 is 0 Å². The van der Waals surface area contributed by atoms with Gasteiger partial charge in [-0.25, -0.2) is 4.39 Å². The minimum absolute atomic E-state index is 0.329. The Morgan fingerprint density at radius 3 is 2.50 bits per heavy atom. The van der Waals surface area contributed by atoms with Gasteiger partial charge in [-0.1, -0.05) is 17.7 Å². The third-order valence-corrected chi connectivity index (χ3v) is 2.65. The van der Waals surface area contributed by atoms with Crippen molar-refractivity contribution in [3.8, 4) is 11.1 Å². The molecule has 16 heavy (non-hydrogen) atoms. The average molecular weight is 236 g/mol. The smallest absolute Gasteiger partial charge is 0.125 e. The van der Waals surface area contributed by atoms with Gasteiger partial charge in [0.2, 0.25) is 0 Å². The summed E-state index contributed by atoms with van der Waals surface area (Å²) in [4.78, 5) is 0. The molecule has 2 N–H and O–H groups in total. The molecular formula is C13H11ClFN. The van der Waals surface area contributed by atoms with E-state index in [1.54, 1.807) is 12.1 Å². The van der Waals surface area contributed by atoms with Crippen LogP contribution in [0.2, 0.25) is 5.02 Å². The standard InChI is InChI=1S/C13H11ClFN/c1-8-4-10(14)2-3-13(8)9-5-11(15)7-12(16)6-9/h2-7H,16H2,1H3. The summed E-state index contributed by atoms with van der Waals surface area (Å²) in [5.74, 6) is -0.329. The van der Waals surface area contributed by atoms with E-state index in [0.29, 0.717) is 10.7 Å². The zero-order valence-corrected chi connectivity index (χ0v) is 9.55. The Labute approximate surface area is 98.7 Å². The van der Waals surface area contributed by atoms with Crippen LogP contribution in [0.25, 0.3) is 11.1 Å². The van der Waals surface area contributed by atoms with Crippen molar-refractivity contribution in [1.29, 1.82) is 0 Å². The molecule has 0 bridgehead atoms. The SMILES string of the molecule is Cc1cc(Cl)ccc1-c1cc(N)cc(F)c1. The maximum absolute atomic E-state index is 13.2. The number of hydrogen-bond acceptors (Lipinski definition) is 1. The molecule has 0 aromatic heterocycles. The van der Waals surface area contributed by atoms with E-state index in [9.17, 15) is 4.39 Å². The molecule has 0 radical (unpaired) electrons. The monoisotopic (exact) mass is 235 g/mol. The lowest BCUT2D eigenvalue weighted by Gasteiger charge is -2.07. The van der Waals surface area contributed by atoms with Gasteiger partial charge in [0.1, 0.15) is 5.82 Å². The number of nitrogen functional groups attached to an aromatic ring is 1. The van der Waals surface area contributed by atoms with Crippen LogP contribution in [0.15, 0.2) is 36.4 Å². The van der Waals surface area contributed by atoms with Crippen molar-refractivity contribution in [2.75, 3.05) is 5.73 Å². The normalized spacial score (nSPS) is 10.4. The zero-order valence-electron chi connectivity index (χ0n) is 8.80. The van der Waals surface area contributed by atoms with Gasteiger partial charge in [0.05, 0.1) is 0 Å². The molecule has 0 aliphatic carbocycles. The molecule has 0 saturated heterocycles. The predicted molar refractivity (Wildman–Crippen MR) is 66.0 cm³/mol. The Balaban J connectivity index is 2.58. The highest BCUT2D eigenvalue weighted by Gasteiger charge is 2.05. The first-order valence-electron chi connectivity index (χ1n) is 4.89. The summed E-state index contributed by atoms with van der Waals surface area (Å²) in [5.41, 5.74) is 8.74. The Morgan fingerprint density at radius 2 is 1.88 bits per heavy atom. The Morgan fingerprint density at radius 1 is 1.12 bits per heavy atom. The van der Waals surface area contributed by atoms with Crippen LogP contribution in [0.4, 0.5) is 10.1 Å². The molecular weight excluding hydrogens is 225 g/mol. The third-order valence-electron chi connectivity index (χ3n) is 2.42. The van der Waals surface area contributed by atoms with E-state index in [1.165, 1.54) is 12.1 Å². The summed E-state index contributed by atoms with van der Waals surface area (Å²) >= 11 is 5.87. The fourth-order valence-electron chi connectivity index (χ4n) is 1.72. The molecule has 0 unspecified atom stereocenters. The molecule has 2 aromatic rings. The van der Waals surface area contributed by atoms with Crippen LogP contribution < -0.4 is 5.73 Å². The lowest BCUT2D eigenvalue weighted by Crippen LogP contribution is -1.90. The number of anilines is 1. The van der Waals surface area contributed by atoms with Gasteiger partial charge in [-0.05, 0) is 53.9 Å². The topological polar surface area (TPSA) is 26.0 Å². The molecule has 82 valence electrons. The second kappa shape index (κ2) is 4.14. The summed E-state index contributed by atoms with van der Waals surface area (Å²) in [6.45, 7) is 1.93. The van der Waals surface area contributed by atoms with Gasteiger partial charge in [-0.2, -0.15) is 0 Å². The van der Waals surface area contributed by atoms with Crippen molar-refractivity contribution < 1.29 is 4.39 Å².